The van der Waals surface area contributed by atoms with E-state index >= 15 is 0 Å². The Kier molecular flexibility index (Phi) is 4.53. The first kappa shape index (κ1) is 15.4. The van der Waals surface area contributed by atoms with Gasteiger partial charge in [-0.1, -0.05) is 12.1 Å². The molecule has 0 saturated carbocycles. The number of benzene rings is 2. The van der Waals surface area contributed by atoms with Crippen molar-refractivity contribution in [2.45, 2.75) is 26.8 Å². The van der Waals surface area contributed by atoms with Crippen LogP contribution in [0.25, 0.3) is 0 Å². The fourth-order valence-corrected chi connectivity index (χ4v) is 2.74. The van der Waals surface area contributed by atoms with Crippen molar-refractivity contribution >= 4 is 11.4 Å². The van der Waals surface area contributed by atoms with Crippen molar-refractivity contribution in [2.75, 3.05) is 19.1 Å². The largest absolute Gasteiger partial charge is 0.496 e. The predicted octanol–water partition coefficient (Wildman–Crippen LogP) is 4.10. The first-order valence-electron chi connectivity index (χ1n) is 7.18. The molecular weight excluding hydrogens is 260 g/mol. The summed E-state index contributed by atoms with van der Waals surface area (Å²) in [5.74, 6) is 0.832. The summed E-state index contributed by atoms with van der Waals surface area (Å²) in [6, 6.07) is 12.5. The van der Waals surface area contributed by atoms with Gasteiger partial charge in [-0.3, -0.25) is 0 Å². The van der Waals surface area contributed by atoms with Gasteiger partial charge >= 0.3 is 0 Å². The highest BCUT2D eigenvalue weighted by atomic mass is 16.5. The fraction of sp³-hybridized carbons (Fsp3) is 0.333. The van der Waals surface area contributed by atoms with Gasteiger partial charge in [0.05, 0.1) is 7.11 Å². The number of nitrogens with zero attached hydrogens (tertiary/aromatic N) is 1. The van der Waals surface area contributed by atoms with E-state index in [0.717, 1.165) is 22.7 Å². The summed E-state index contributed by atoms with van der Waals surface area (Å²) in [6.45, 7) is 6.21. The zero-order valence-electron chi connectivity index (χ0n) is 13.5. The summed E-state index contributed by atoms with van der Waals surface area (Å²) in [5, 5.41) is 0. The van der Waals surface area contributed by atoms with Gasteiger partial charge in [0.25, 0.3) is 0 Å². The Morgan fingerprint density at radius 3 is 2.24 bits per heavy atom. The van der Waals surface area contributed by atoms with Gasteiger partial charge in [0, 0.05) is 30.0 Å². The smallest absolute Gasteiger partial charge is 0.125 e. The van der Waals surface area contributed by atoms with Crippen molar-refractivity contribution in [3.05, 3.63) is 53.1 Å². The first-order valence-corrected chi connectivity index (χ1v) is 7.18. The molecule has 3 heteroatoms. The maximum Gasteiger partial charge on any atom is 0.125 e. The average Bonchev–Trinajstić information content (AvgIpc) is 2.44. The molecule has 2 N–H and O–H groups in total. The summed E-state index contributed by atoms with van der Waals surface area (Å²) < 4.78 is 5.47. The number of aryl methyl sites for hydroxylation is 2. The standard InChI is InChI=1S/C18H24N2O/c1-12-9-13(2)11-15(10-12)20(4)16-7-6-8-17(21-5)18(16)14(3)19/h6-11,14H,19H2,1-5H3. The molecule has 0 fully saturated rings. The number of hydrogen-bond acceptors (Lipinski definition) is 3. The fourth-order valence-electron chi connectivity index (χ4n) is 2.74. The van der Waals surface area contributed by atoms with Crippen LogP contribution in [0.2, 0.25) is 0 Å². The SMILES string of the molecule is COc1cccc(N(C)c2cc(C)cc(C)c2)c1C(C)N. The lowest BCUT2D eigenvalue weighted by atomic mass is 10.0. The van der Waals surface area contributed by atoms with Crippen LogP contribution in [-0.4, -0.2) is 14.2 Å². The molecule has 2 rings (SSSR count). The van der Waals surface area contributed by atoms with Crippen LogP contribution < -0.4 is 15.4 Å². The van der Waals surface area contributed by atoms with E-state index in [2.05, 4.69) is 50.1 Å². The predicted molar refractivity (Wildman–Crippen MR) is 89.6 cm³/mol. The monoisotopic (exact) mass is 284 g/mol. The zero-order chi connectivity index (χ0) is 15.6. The highest BCUT2D eigenvalue weighted by Crippen LogP contribution is 2.36. The maximum atomic E-state index is 6.16. The molecule has 21 heavy (non-hydrogen) atoms. The average molecular weight is 284 g/mol. The second-order valence-electron chi connectivity index (χ2n) is 5.59. The van der Waals surface area contributed by atoms with Crippen LogP contribution in [0.4, 0.5) is 11.4 Å². The first-order chi connectivity index (χ1) is 9.93. The second kappa shape index (κ2) is 6.19. The molecule has 1 unspecified atom stereocenters. The van der Waals surface area contributed by atoms with E-state index < -0.39 is 0 Å². The van der Waals surface area contributed by atoms with Gasteiger partial charge in [-0.05, 0) is 56.2 Å². The van der Waals surface area contributed by atoms with E-state index in [4.69, 9.17) is 10.5 Å². The van der Waals surface area contributed by atoms with Crippen molar-refractivity contribution in [2.24, 2.45) is 5.73 Å². The number of nitrogens with two attached hydrogens (primary N) is 1. The molecule has 2 aromatic carbocycles. The quantitative estimate of drug-likeness (QED) is 0.918. The summed E-state index contributed by atoms with van der Waals surface area (Å²) in [7, 11) is 3.75. The molecule has 1 atom stereocenters. The molecule has 0 heterocycles. The summed E-state index contributed by atoms with van der Waals surface area (Å²) in [5.41, 5.74) is 11.9. The summed E-state index contributed by atoms with van der Waals surface area (Å²) in [4.78, 5) is 2.17. The van der Waals surface area contributed by atoms with Crippen LogP contribution in [0.5, 0.6) is 5.75 Å². The molecule has 2 aromatic rings. The highest BCUT2D eigenvalue weighted by molar-refractivity contribution is 5.70. The Bertz CT molecular complexity index is 615. The molecule has 0 aliphatic carbocycles. The van der Waals surface area contributed by atoms with E-state index in [0.29, 0.717) is 0 Å². The van der Waals surface area contributed by atoms with Crippen molar-refractivity contribution in [3.63, 3.8) is 0 Å². The van der Waals surface area contributed by atoms with Crippen LogP contribution >= 0.6 is 0 Å². The minimum Gasteiger partial charge on any atom is -0.496 e. The van der Waals surface area contributed by atoms with Gasteiger partial charge in [-0.25, -0.2) is 0 Å². The van der Waals surface area contributed by atoms with E-state index in [1.165, 1.54) is 11.1 Å². The molecule has 0 bridgehead atoms. The summed E-state index contributed by atoms with van der Waals surface area (Å²) in [6.07, 6.45) is 0. The minimum absolute atomic E-state index is 0.0930. The van der Waals surface area contributed by atoms with E-state index in [1.54, 1.807) is 7.11 Å². The van der Waals surface area contributed by atoms with E-state index in [1.807, 2.05) is 19.1 Å². The minimum atomic E-state index is -0.0930. The van der Waals surface area contributed by atoms with Gasteiger partial charge in [-0.15, -0.1) is 0 Å². The van der Waals surface area contributed by atoms with Gasteiger partial charge < -0.3 is 15.4 Å². The normalized spacial score (nSPS) is 12.1. The maximum absolute atomic E-state index is 6.16. The molecule has 0 aliphatic heterocycles. The Hall–Kier alpha value is -2.00. The Morgan fingerprint density at radius 2 is 1.71 bits per heavy atom. The Balaban J connectivity index is 2.55. The van der Waals surface area contributed by atoms with Gasteiger partial charge in [-0.2, -0.15) is 0 Å². The number of anilines is 2. The van der Waals surface area contributed by atoms with Crippen molar-refractivity contribution in [1.29, 1.82) is 0 Å². The van der Waals surface area contributed by atoms with Crippen molar-refractivity contribution in [1.82, 2.24) is 0 Å². The van der Waals surface area contributed by atoms with E-state index in [-0.39, 0.29) is 6.04 Å². The number of ether oxygens (including phenoxy) is 1. The Labute approximate surface area is 127 Å². The van der Waals surface area contributed by atoms with Gasteiger partial charge in [0.1, 0.15) is 5.75 Å². The molecule has 0 aromatic heterocycles. The lowest BCUT2D eigenvalue weighted by molar-refractivity contribution is 0.407. The zero-order valence-corrected chi connectivity index (χ0v) is 13.5. The molecule has 0 amide bonds. The molecular formula is C18H24N2O. The molecule has 0 radical (unpaired) electrons. The van der Waals surface area contributed by atoms with E-state index in [9.17, 15) is 0 Å². The number of methoxy groups -OCH3 is 1. The third-order valence-electron chi connectivity index (χ3n) is 3.67. The lowest BCUT2D eigenvalue weighted by Gasteiger charge is -2.26. The van der Waals surface area contributed by atoms with Crippen LogP contribution in [0.3, 0.4) is 0 Å². The van der Waals surface area contributed by atoms with Crippen molar-refractivity contribution < 1.29 is 4.74 Å². The Morgan fingerprint density at radius 1 is 1.10 bits per heavy atom. The molecule has 112 valence electrons. The third kappa shape index (κ3) is 3.19. The molecule has 0 aliphatic rings. The number of hydrogen-bond donors (Lipinski definition) is 1. The van der Waals surface area contributed by atoms with Gasteiger partial charge in [0.2, 0.25) is 0 Å². The van der Waals surface area contributed by atoms with Crippen LogP contribution in [-0.2, 0) is 0 Å². The lowest BCUT2D eigenvalue weighted by Crippen LogP contribution is -2.16. The van der Waals surface area contributed by atoms with Crippen LogP contribution in [0, 0.1) is 13.8 Å². The van der Waals surface area contributed by atoms with Gasteiger partial charge in [0.15, 0.2) is 0 Å². The second-order valence-corrected chi connectivity index (χ2v) is 5.59. The third-order valence-corrected chi connectivity index (χ3v) is 3.67. The van der Waals surface area contributed by atoms with Crippen LogP contribution in [0.15, 0.2) is 36.4 Å². The molecule has 0 spiro atoms. The molecule has 3 nitrogen and oxygen atoms in total. The molecule has 0 saturated heterocycles. The van der Waals surface area contributed by atoms with Crippen molar-refractivity contribution in [3.8, 4) is 5.75 Å². The number of rotatable bonds is 4. The topological polar surface area (TPSA) is 38.5 Å². The van der Waals surface area contributed by atoms with Crippen LogP contribution in [0.1, 0.15) is 29.7 Å². The highest BCUT2D eigenvalue weighted by Gasteiger charge is 2.17. The summed E-state index contributed by atoms with van der Waals surface area (Å²) >= 11 is 0.